The topological polar surface area (TPSA) is 76.1 Å². The molecular formula is C22H31NO5. The minimum absolute atomic E-state index is 0.108. The number of hydrogen-bond donors (Lipinski definition) is 1. The number of methoxy groups -OCH3 is 1. The second-order valence-electron chi connectivity index (χ2n) is 8.29. The largest absolute Gasteiger partial charge is 0.503 e. The van der Waals surface area contributed by atoms with Crippen LogP contribution in [0, 0.1) is 5.41 Å². The number of benzene rings is 1. The number of carbonyl (C=O) groups excluding carboxylic acids is 2. The van der Waals surface area contributed by atoms with E-state index in [1.54, 1.807) is 44.9 Å². The summed E-state index contributed by atoms with van der Waals surface area (Å²) in [5.41, 5.74) is 0.202. The summed E-state index contributed by atoms with van der Waals surface area (Å²) in [7, 11) is 1.58. The fourth-order valence-electron chi connectivity index (χ4n) is 3.21. The van der Waals surface area contributed by atoms with Gasteiger partial charge in [-0.2, -0.15) is 0 Å². The van der Waals surface area contributed by atoms with E-state index in [9.17, 15) is 14.7 Å². The van der Waals surface area contributed by atoms with Gasteiger partial charge in [0.25, 0.3) is 5.91 Å². The lowest BCUT2D eigenvalue weighted by Crippen LogP contribution is -2.34. The molecule has 0 saturated carbocycles. The zero-order chi connectivity index (χ0) is 21.1. The number of rotatable bonds is 8. The molecule has 1 aliphatic heterocycles. The summed E-state index contributed by atoms with van der Waals surface area (Å²) in [5.74, 6) is -0.523. The van der Waals surface area contributed by atoms with Gasteiger partial charge in [0, 0.05) is 18.6 Å². The van der Waals surface area contributed by atoms with E-state index >= 15 is 0 Å². The average molecular weight is 389 g/mol. The van der Waals surface area contributed by atoms with Crippen molar-refractivity contribution in [3.63, 3.8) is 0 Å². The van der Waals surface area contributed by atoms with E-state index < -0.39 is 23.1 Å². The third kappa shape index (κ3) is 4.73. The molecule has 2 rings (SSSR count). The monoisotopic (exact) mass is 389 g/mol. The quantitative estimate of drug-likeness (QED) is 0.684. The highest BCUT2D eigenvalue weighted by Gasteiger charge is 2.45. The van der Waals surface area contributed by atoms with Crippen molar-refractivity contribution in [2.75, 3.05) is 20.3 Å². The predicted molar refractivity (Wildman–Crippen MR) is 107 cm³/mol. The Morgan fingerprint density at radius 1 is 1.21 bits per heavy atom. The van der Waals surface area contributed by atoms with E-state index in [-0.39, 0.29) is 17.5 Å². The van der Waals surface area contributed by atoms with Crippen molar-refractivity contribution in [1.29, 1.82) is 0 Å². The van der Waals surface area contributed by atoms with Gasteiger partial charge in [0.05, 0.1) is 24.8 Å². The van der Waals surface area contributed by atoms with Crippen molar-refractivity contribution in [1.82, 2.24) is 4.90 Å². The van der Waals surface area contributed by atoms with E-state index in [0.717, 1.165) is 5.56 Å². The molecule has 0 spiro atoms. The van der Waals surface area contributed by atoms with Gasteiger partial charge in [-0.1, -0.05) is 32.9 Å². The van der Waals surface area contributed by atoms with Gasteiger partial charge >= 0.3 is 0 Å². The molecule has 1 unspecified atom stereocenters. The van der Waals surface area contributed by atoms with Gasteiger partial charge in [-0.05, 0) is 38.0 Å². The lowest BCUT2D eigenvalue weighted by atomic mass is 9.82. The minimum atomic E-state index is -0.717. The summed E-state index contributed by atoms with van der Waals surface area (Å²) in [6.07, 6.45) is 0.720. The summed E-state index contributed by atoms with van der Waals surface area (Å²) >= 11 is 0. The summed E-state index contributed by atoms with van der Waals surface area (Å²) in [5, 5.41) is 10.6. The Labute approximate surface area is 167 Å². The zero-order valence-corrected chi connectivity index (χ0v) is 17.6. The first kappa shape index (κ1) is 22.0. The van der Waals surface area contributed by atoms with Crippen LogP contribution in [0.25, 0.3) is 0 Å². The highest BCUT2D eigenvalue weighted by Crippen LogP contribution is 2.41. The number of amides is 1. The number of ketones is 1. The molecule has 0 fully saturated rings. The van der Waals surface area contributed by atoms with Crippen molar-refractivity contribution >= 4 is 11.7 Å². The molecule has 1 aliphatic rings. The standard InChI is InChI=1S/C22H31NO5/c1-14(2)28-13-7-12-23-18(15-8-10-16(27-6)11-9-15)17(19(24)21(23)26)20(25)22(3,4)5/h8-11,14,18,24H,7,12-13H2,1-6H3. The normalized spacial score (nSPS) is 17.6. The third-order valence-electron chi connectivity index (χ3n) is 4.66. The highest BCUT2D eigenvalue weighted by molar-refractivity contribution is 6.10. The molecule has 1 atom stereocenters. The molecule has 1 N–H and O–H groups in total. The van der Waals surface area contributed by atoms with Crippen molar-refractivity contribution in [2.24, 2.45) is 5.41 Å². The van der Waals surface area contributed by atoms with Gasteiger partial charge < -0.3 is 19.5 Å². The van der Waals surface area contributed by atoms with Gasteiger partial charge in [0.1, 0.15) is 5.75 Å². The predicted octanol–water partition coefficient (Wildman–Crippen LogP) is 3.82. The van der Waals surface area contributed by atoms with E-state index in [0.29, 0.717) is 25.3 Å². The van der Waals surface area contributed by atoms with E-state index in [2.05, 4.69) is 0 Å². The molecule has 28 heavy (non-hydrogen) atoms. The number of hydrogen-bond acceptors (Lipinski definition) is 5. The smallest absolute Gasteiger partial charge is 0.290 e. The maximum atomic E-state index is 13.0. The number of aliphatic hydroxyl groups excluding tert-OH is 1. The molecule has 0 bridgehead atoms. The van der Waals surface area contributed by atoms with Gasteiger partial charge in [-0.25, -0.2) is 0 Å². The van der Waals surface area contributed by atoms with Gasteiger partial charge in [0.2, 0.25) is 0 Å². The summed E-state index contributed by atoms with van der Waals surface area (Å²) in [6, 6.07) is 6.60. The fraction of sp³-hybridized carbons (Fsp3) is 0.545. The second kappa shape index (κ2) is 8.78. The van der Waals surface area contributed by atoms with Crippen molar-refractivity contribution in [2.45, 2.75) is 53.2 Å². The maximum Gasteiger partial charge on any atom is 0.290 e. The first-order chi connectivity index (χ1) is 13.1. The SMILES string of the molecule is COc1ccc(C2C(C(=O)C(C)(C)C)=C(O)C(=O)N2CCCOC(C)C)cc1. The van der Waals surface area contributed by atoms with Crippen molar-refractivity contribution in [3.05, 3.63) is 41.2 Å². The van der Waals surface area contributed by atoms with Crippen LogP contribution in [0.4, 0.5) is 0 Å². The Balaban J connectivity index is 2.38. The number of aliphatic hydroxyl groups is 1. The molecule has 0 radical (unpaired) electrons. The summed E-state index contributed by atoms with van der Waals surface area (Å²) < 4.78 is 10.8. The van der Waals surface area contributed by atoms with Gasteiger partial charge in [-0.3, -0.25) is 9.59 Å². The van der Waals surface area contributed by atoms with Crippen LogP contribution in [0.3, 0.4) is 0 Å². The maximum absolute atomic E-state index is 13.0. The lowest BCUT2D eigenvalue weighted by molar-refractivity contribution is -0.129. The Kier molecular flexibility index (Phi) is 6.88. The fourth-order valence-corrected chi connectivity index (χ4v) is 3.21. The molecule has 0 saturated heterocycles. The van der Waals surface area contributed by atoms with Crippen LogP contribution in [-0.4, -0.2) is 48.1 Å². The Bertz CT molecular complexity index is 743. The average Bonchev–Trinajstić information content (AvgIpc) is 2.88. The van der Waals surface area contributed by atoms with Gasteiger partial charge in [0.15, 0.2) is 11.5 Å². The Morgan fingerprint density at radius 3 is 2.32 bits per heavy atom. The first-order valence-corrected chi connectivity index (χ1v) is 9.62. The molecule has 1 amide bonds. The Morgan fingerprint density at radius 2 is 1.82 bits per heavy atom. The van der Waals surface area contributed by atoms with Crippen LogP contribution in [0.15, 0.2) is 35.6 Å². The van der Waals surface area contributed by atoms with Crippen LogP contribution in [-0.2, 0) is 14.3 Å². The van der Waals surface area contributed by atoms with Crippen molar-refractivity contribution in [3.8, 4) is 5.75 Å². The molecule has 6 heteroatoms. The number of Topliss-reactive ketones (excluding diaryl/α,β-unsaturated/α-hetero) is 1. The van der Waals surface area contributed by atoms with E-state index in [1.165, 1.54) is 0 Å². The van der Waals surface area contributed by atoms with Crippen molar-refractivity contribution < 1.29 is 24.2 Å². The van der Waals surface area contributed by atoms with Gasteiger partial charge in [-0.15, -0.1) is 0 Å². The van der Waals surface area contributed by atoms with Crippen LogP contribution in [0.1, 0.15) is 52.6 Å². The molecular weight excluding hydrogens is 358 g/mol. The highest BCUT2D eigenvalue weighted by atomic mass is 16.5. The molecule has 6 nitrogen and oxygen atoms in total. The molecule has 0 aliphatic carbocycles. The molecule has 1 heterocycles. The molecule has 0 aromatic heterocycles. The zero-order valence-electron chi connectivity index (χ0n) is 17.6. The first-order valence-electron chi connectivity index (χ1n) is 9.62. The number of ether oxygens (including phenoxy) is 2. The molecule has 1 aromatic carbocycles. The molecule has 1 aromatic rings. The number of nitrogens with zero attached hydrogens (tertiary/aromatic N) is 1. The number of carbonyl (C=O) groups is 2. The van der Waals surface area contributed by atoms with Crippen LogP contribution >= 0.6 is 0 Å². The van der Waals surface area contributed by atoms with Crippen LogP contribution in [0.5, 0.6) is 5.75 Å². The third-order valence-corrected chi connectivity index (χ3v) is 4.66. The second-order valence-corrected chi connectivity index (χ2v) is 8.29. The van der Waals surface area contributed by atoms with E-state index in [4.69, 9.17) is 9.47 Å². The lowest BCUT2D eigenvalue weighted by Gasteiger charge is -2.29. The summed E-state index contributed by atoms with van der Waals surface area (Å²) in [4.78, 5) is 27.4. The molecule has 154 valence electrons. The Hall–Kier alpha value is -2.34. The summed E-state index contributed by atoms with van der Waals surface area (Å²) in [6.45, 7) is 10.1. The van der Waals surface area contributed by atoms with Crippen LogP contribution in [0.2, 0.25) is 0 Å². The van der Waals surface area contributed by atoms with Crippen LogP contribution < -0.4 is 4.74 Å². The van der Waals surface area contributed by atoms with E-state index in [1.807, 2.05) is 26.0 Å². The minimum Gasteiger partial charge on any atom is -0.503 e.